The van der Waals surface area contributed by atoms with Crippen LogP contribution < -0.4 is 0 Å². The van der Waals surface area contributed by atoms with Gasteiger partial charge in [0.05, 0.1) is 17.7 Å². The fourth-order valence-corrected chi connectivity index (χ4v) is 3.89. The lowest BCUT2D eigenvalue weighted by molar-refractivity contribution is 0.0683. The van der Waals surface area contributed by atoms with E-state index in [-0.39, 0.29) is 18.1 Å². The van der Waals surface area contributed by atoms with Crippen molar-refractivity contribution >= 4 is 5.91 Å². The van der Waals surface area contributed by atoms with Crippen LogP contribution in [-0.4, -0.2) is 50.3 Å². The number of carbonyl (C=O) groups is 1. The first-order chi connectivity index (χ1) is 11.8. The van der Waals surface area contributed by atoms with Gasteiger partial charge in [-0.25, -0.2) is 4.98 Å². The third-order valence-corrected chi connectivity index (χ3v) is 5.00. The number of nitrogens with zero attached hydrogens (tertiary/aromatic N) is 4. The largest absolute Gasteiger partial charge is 0.380 e. The molecule has 1 amide bonds. The number of likely N-dealkylation sites (tertiary alicyclic amines) is 1. The second-order valence-corrected chi connectivity index (χ2v) is 7.09. The maximum Gasteiger partial charge on any atom is 0.256 e. The van der Waals surface area contributed by atoms with E-state index < -0.39 is 0 Å². The van der Waals surface area contributed by atoms with Crippen molar-refractivity contribution in [3.05, 3.63) is 34.7 Å². The molecule has 0 saturated carbocycles. The van der Waals surface area contributed by atoms with Crippen molar-refractivity contribution in [2.45, 2.75) is 59.2 Å². The lowest BCUT2D eigenvalue weighted by Crippen LogP contribution is -2.32. The van der Waals surface area contributed by atoms with Crippen molar-refractivity contribution in [3.8, 4) is 0 Å². The number of hydrogen-bond donors (Lipinski definition) is 1. The molecule has 1 saturated heterocycles. The van der Waals surface area contributed by atoms with Gasteiger partial charge in [0.15, 0.2) is 5.82 Å². The van der Waals surface area contributed by atoms with Crippen LogP contribution in [0.2, 0.25) is 0 Å². The quantitative estimate of drug-likeness (QED) is 0.924. The Bertz CT molecular complexity index is 777. The van der Waals surface area contributed by atoms with Gasteiger partial charge in [-0.15, -0.1) is 0 Å². The molecule has 1 fully saturated rings. The number of aromatic amines is 1. The highest BCUT2D eigenvalue weighted by Gasteiger charge is 2.39. The Labute approximate surface area is 148 Å². The Morgan fingerprint density at radius 1 is 1.36 bits per heavy atom. The number of rotatable bonds is 4. The summed E-state index contributed by atoms with van der Waals surface area (Å²) in [4.78, 5) is 19.6. The zero-order valence-corrected chi connectivity index (χ0v) is 15.8. The molecule has 0 radical (unpaired) electrons. The van der Waals surface area contributed by atoms with Crippen LogP contribution in [0.5, 0.6) is 0 Å². The number of nitrogens with one attached hydrogen (secondary N) is 1. The molecule has 7 heteroatoms. The molecule has 2 atom stereocenters. The number of ether oxygens (including phenoxy) is 1. The topological polar surface area (TPSA) is 76.0 Å². The van der Waals surface area contributed by atoms with Crippen LogP contribution >= 0.6 is 0 Å². The lowest BCUT2D eigenvalue weighted by Gasteiger charge is -2.22. The van der Waals surface area contributed by atoms with Gasteiger partial charge in [-0.05, 0) is 40.7 Å². The number of H-pyrrole nitrogens is 1. The molecule has 1 aliphatic rings. The van der Waals surface area contributed by atoms with Gasteiger partial charge in [-0.3, -0.25) is 9.89 Å². The summed E-state index contributed by atoms with van der Waals surface area (Å²) in [5.41, 5.74) is 2.85. The van der Waals surface area contributed by atoms with Crippen molar-refractivity contribution < 1.29 is 9.53 Å². The Hall–Kier alpha value is -2.15. The van der Waals surface area contributed by atoms with Crippen molar-refractivity contribution in [3.63, 3.8) is 0 Å². The molecule has 1 N–H and O–H groups in total. The minimum absolute atomic E-state index is 0.00124. The molecule has 0 aliphatic carbocycles. The molecular formula is C18H27N5O2. The Morgan fingerprint density at radius 2 is 2.08 bits per heavy atom. The highest BCUT2D eigenvalue weighted by Crippen LogP contribution is 2.34. The van der Waals surface area contributed by atoms with Crippen molar-refractivity contribution in [2.75, 3.05) is 13.7 Å². The summed E-state index contributed by atoms with van der Waals surface area (Å²) in [6.07, 6.45) is 0.712. The van der Waals surface area contributed by atoms with Crippen molar-refractivity contribution in [1.29, 1.82) is 0 Å². The Balaban J connectivity index is 1.95. The first-order valence-electron chi connectivity index (χ1n) is 8.74. The van der Waals surface area contributed by atoms with Crippen molar-refractivity contribution in [1.82, 2.24) is 24.6 Å². The van der Waals surface area contributed by atoms with E-state index in [2.05, 4.69) is 33.6 Å². The molecule has 2 aromatic heterocycles. The van der Waals surface area contributed by atoms with Gasteiger partial charge in [0.2, 0.25) is 0 Å². The summed E-state index contributed by atoms with van der Waals surface area (Å²) in [6.45, 7) is 10.7. The standard InChI is InChI=1S/C18H27N5O2/c1-10(2)23-11(3)7-15(12(23)4)18(24)22-9-14(25-6)8-16(22)17-19-13(5)20-21-17/h7,10,14,16H,8-9H2,1-6H3,(H,19,20,21)/t14-,16+/m1/s1. The number of carbonyl (C=O) groups excluding carboxylic acids is 1. The maximum absolute atomic E-state index is 13.3. The van der Waals surface area contributed by atoms with Crippen LogP contribution in [0.1, 0.15) is 65.7 Å². The van der Waals surface area contributed by atoms with Gasteiger partial charge in [0.1, 0.15) is 5.82 Å². The van der Waals surface area contributed by atoms with E-state index in [1.54, 1.807) is 7.11 Å². The summed E-state index contributed by atoms with van der Waals surface area (Å²) in [5.74, 6) is 1.43. The highest BCUT2D eigenvalue weighted by molar-refractivity contribution is 5.96. The van der Waals surface area contributed by atoms with E-state index >= 15 is 0 Å². The Kier molecular flexibility index (Phi) is 4.69. The molecule has 136 valence electrons. The van der Waals surface area contributed by atoms with E-state index in [0.29, 0.717) is 24.8 Å². The second-order valence-electron chi connectivity index (χ2n) is 7.09. The van der Waals surface area contributed by atoms with Crippen molar-refractivity contribution in [2.24, 2.45) is 0 Å². The van der Waals surface area contributed by atoms with E-state index in [9.17, 15) is 4.79 Å². The van der Waals surface area contributed by atoms with Crippen LogP contribution in [0.25, 0.3) is 0 Å². The number of hydrogen-bond acceptors (Lipinski definition) is 4. The molecule has 3 heterocycles. The Morgan fingerprint density at radius 3 is 2.60 bits per heavy atom. The maximum atomic E-state index is 13.3. The van der Waals surface area contributed by atoms with E-state index in [4.69, 9.17) is 4.74 Å². The fourth-order valence-electron chi connectivity index (χ4n) is 3.89. The normalized spacial score (nSPS) is 20.7. The van der Waals surface area contributed by atoms with Gasteiger partial charge in [-0.1, -0.05) is 0 Å². The molecule has 0 spiro atoms. The molecule has 0 aromatic carbocycles. The van der Waals surface area contributed by atoms with Gasteiger partial charge in [-0.2, -0.15) is 5.10 Å². The summed E-state index contributed by atoms with van der Waals surface area (Å²) < 4.78 is 7.72. The smallest absolute Gasteiger partial charge is 0.256 e. The van der Waals surface area contributed by atoms with Crippen LogP contribution in [0.4, 0.5) is 0 Å². The molecular weight excluding hydrogens is 318 g/mol. The predicted molar refractivity (Wildman–Crippen MR) is 94.6 cm³/mol. The molecule has 0 bridgehead atoms. The minimum atomic E-state index is -0.162. The third kappa shape index (κ3) is 3.08. The average molecular weight is 345 g/mol. The van der Waals surface area contributed by atoms with Gasteiger partial charge < -0.3 is 14.2 Å². The number of aromatic nitrogens is 4. The van der Waals surface area contributed by atoms with Crippen LogP contribution in [0, 0.1) is 20.8 Å². The summed E-state index contributed by atoms with van der Waals surface area (Å²) in [6, 6.07) is 2.14. The molecule has 3 rings (SSSR count). The lowest BCUT2D eigenvalue weighted by atomic mass is 10.1. The zero-order valence-electron chi connectivity index (χ0n) is 15.8. The monoisotopic (exact) mass is 345 g/mol. The SMILES string of the molecule is CO[C@@H]1C[C@@H](c2n[nH]c(C)n2)N(C(=O)c2cc(C)n(C(C)C)c2C)C1. The van der Waals surface area contributed by atoms with Crippen LogP contribution in [0.3, 0.4) is 0 Å². The highest BCUT2D eigenvalue weighted by atomic mass is 16.5. The molecule has 0 unspecified atom stereocenters. The van der Waals surface area contributed by atoms with E-state index in [1.807, 2.05) is 31.7 Å². The van der Waals surface area contributed by atoms with E-state index in [0.717, 1.165) is 22.8 Å². The number of amides is 1. The summed E-state index contributed by atoms with van der Waals surface area (Å²) >= 11 is 0. The van der Waals surface area contributed by atoms with Crippen LogP contribution in [0.15, 0.2) is 6.07 Å². The average Bonchev–Trinajstić information content (AvgIpc) is 3.23. The van der Waals surface area contributed by atoms with Gasteiger partial charge in [0, 0.05) is 37.5 Å². The van der Waals surface area contributed by atoms with Gasteiger partial charge in [0.25, 0.3) is 5.91 Å². The second kappa shape index (κ2) is 6.63. The summed E-state index contributed by atoms with van der Waals surface area (Å²) in [7, 11) is 1.68. The first-order valence-corrected chi connectivity index (χ1v) is 8.74. The molecule has 1 aliphatic heterocycles. The fraction of sp³-hybridized carbons (Fsp3) is 0.611. The summed E-state index contributed by atoms with van der Waals surface area (Å²) in [5, 5.41) is 7.15. The number of aryl methyl sites for hydroxylation is 2. The zero-order chi connectivity index (χ0) is 18.3. The first kappa shape index (κ1) is 17.7. The molecule has 25 heavy (non-hydrogen) atoms. The van der Waals surface area contributed by atoms with Gasteiger partial charge >= 0.3 is 0 Å². The number of methoxy groups -OCH3 is 1. The molecule has 7 nitrogen and oxygen atoms in total. The minimum Gasteiger partial charge on any atom is -0.380 e. The predicted octanol–water partition coefficient (Wildman–Crippen LogP) is 2.71. The molecule has 2 aromatic rings. The third-order valence-electron chi connectivity index (χ3n) is 5.00. The van der Waals surface area contributed by atoms with Crippen LogP contribution in [-0.2, 0) is 4.74 Å². The van der Waals surface area contributed by atoms with E-state index in [1.165, 1.54) is 0 Å².